The van der Waals surface area contributed by atoms with Crippen LogP contribution in [0.15, 0.2) is 18.3 Å². The zero-order valence-electron chi connectivity index (χ0n) is 10.0. The number of hydrogen-bond donors (Lipinski definition) is 1. The molecular weight excluding hydrogens is 270 g/mol. The standard InChI is InChI=1S/C12H12ClN3OS/c1-3-9-7(2)18-12(15-9)16-11(17)8-4-5-10(13)14-6-8/h4-6H,3H2,1-2H3,(H,15,16,17). The average molecular weight is 282 g/mol. The Morgan fingerprint density at radius 1 is 1.50 bits per heavy atom. The largest absolute Gasteiger partial charge is 0.298 e. The van der Waals surface area contributed by atoms with Gasteiger partial charge >= 0.3 is 0 Å². The van der Waals surface area contributed by atoms with Crippen LogP contribution < -0.4 is 5.32 Å². The Morgan fingerprint density at radius 3 is 2.83 bits per heavy atom. The smallest absolute Gasteiger partial charge is 0.259 e. The predicted octanol–water partition coefficient (Wildman–Crippen LogP) is 3.31. The van der Waals surface area contributed by atoms with Gasteiger partial charge < -0.3 is 0 Å². The van der Waals surface area contributed by atoms with Crippen molar-refractivity contribution >= 4 is 34.0 Å². The summed E-state index contributed by atoms with van der Waals surface area (Å²) in [5.74, 6) is -0.226. The highest BCUT2D eigenvalue weighted by Gasteiger charge is 2.11. The van der Waals surface area contributed by atoms with Crippen LogP contribution in [0.2, 0.25) is 5.15 Å². The number of rotatable bonds is 3. The fraction of sp³-hybridized carbons (Fsp3) is 0.250. The van der Waals surface area contributed by atoms with Gasteiger partial charge in [-0.3, -0.25) is 10.1 Å². The molecule has 4 nitrogen and oxygen atoms in total. The number of nitrogens with zero attached hydrogens (tertiary/aromatic N) is 2. The predicted molar refractivity (Wildman–Crippen MR) is 73.4 cm³/mol. The number of carbonyl (C=O) groups is 1. The Labute approximate surface area is 114 Å². The maximum atomic E-state index is 11.9. The molecule has 1 amide bonds. The number of halogens is 1. The van der Waals surface area contributed by atoms with E-state index in [0.29, 0.717) is 15.8 Å². The van der Waals surface area contributed by atoms with E-state index in [-0.39, 0.29) is 5.91 Å². The summed E-state index contributed by atoms with van der Waals surface area (Å²) in [7, 11) is 0. The van der Waals surface area contributed by atoms with Gasteiger partial charge in [-0.15, -0.1) is 11.3 Å². The van der Waals surface area contributed by atoms with Crippen LogP contribution in [0, 0.1) is 6.92 Å². The Morgan fingerprint density at radius 2 is 2.28 bits per heavy atom. The lowest BCUT2D eigenvalue weighted by molar-refractivity contribution is 0.102. The fourth-order valence-electron chi connectivity index (χ4n) is 1.49. The SMILES string of the molecule is CCc1nc(NC(=O)c2ccc(Cl)nc2)sc1C. The van der Waals surface area contributed by atoms with Gasteiger partial charge in [-0.25, -0.2) is 9.97 Å². The first-order chi connectivity index (χ1) is 8.60. The van der Waals surface area contributed by atoms with E-state index in [4.69, 9.17) is 11.6 Å². The molecule has 18 heavy (non-hydrogen) atoms. The van der Waals surface area contributed by atoms with Crippen molar-refractivity contribution in [3.63, 3.8) is 0 Å². The number of nitrogens with one attached hydrogen (secondary N) is 1. The number of anilines is 1. The molecule has 0 aliphatic rings. The Hall–Kier alpha value is -1.46. The molecular formula is C12H12ClN3OS. The third kappa shape index (κ3) is 2.86. The Bertz CT molecular complexity index is 565. The summed E-state index contributed by atoms with van der Waals surface area (Å²) >= 11 is 7.14. The van der Waals surface area contributed by atoms with Crippen molar-refractivity contribution < 1.29 is 4.79 Å². The fourth-order valence-corrected chi connectivity index (χ4v) is 2.50. The van der Waals surface area contributed by atoms with Crippen LogP contribution in [0.25, 0.3) is 0 Å². The highest BCUT2D eigenvalue weighted by atomic mass is 35.5. The lowest BCUT2D eigenvalue weighted by atomic mass is 10.3. The molecule has 2 rings (SSSR count). The molecule has 0 saturated heterocycles. The lowest BCUT2D eigenvalue weighted by Crippen LogP contribution is -2.11. The molecule has 0 radical (unpaired) electrons. The van der Waals surface area contributed by atoms with E-state index in [1.54, 1.807) is 12.1 Å². The van der Waals surface area contributed by atoms with Crippen LogP contribution in [0.4, 0.5) is 5.13 Å². The van der Waals surface area contributed by atoms with Gasteiger partial charge in [-0.05, 0) is 25.5 Å². The van der Waals surface area contributed by atoms with E-state index in [9.17, 15) is 4.79 Å². The molecule has 6 heteroatoms. The molecule has 0 atom stereocenters. The van der Waals surface area contributed by atoms with Gasteiger partial charge in [0, 0.05) is 11.1 Å². The number of pyridine rings is 1. The molecule has 2 heterocycles. The van der Waals surface area contributed by atoms with Gasteiger partial charge in [-0.2, -0.15) is 0 Å². The van der Waals surface area contributed by atoms with E-state index < -0.39 is 0 Å². The normalized spacial score (nSPS) is 10.4. The first kappa shape index (κ1) is 13.0. The van der Waals surface area contributed by atoms with Crippen LogP contribution in [-0.2, 0) is 6.42 Å². The number of hydrogen-bond acceptors (Lipinski definition) is 4. The van der Waals surface area contributed by atoms with Crippen LogP contribution >= 0.6 is 22.9 Å². The molecule has 0 bridgehead atoms. The molecule has 0 saturated carbocycles. The number of amides is 1. The summed E-state index contributed by atoms with van der Waals surface area (Å²) in [6.45, 7) is 4.03. The van der Waals surface area contributed by atoms with Crippen molar-refractivity contribution in [1.82, 2.24) is 9.97 Å². The summed E-state index contributed by atoms with van der Waals surface area (Å²) in [5, 5.41) is 3.74. The minimum Gasteiger partial charge on any atom is -0.298 e. The molecule has 94 valence electrons. The molecule has 1 N–H and O–H groups in total. The maximum Gasteiger partial charge on any atom is 0.259 e. The zero-order valence-corrected chi connectivity index (χ0v) is 11.6. The van der Waals surface area contributed by atoms with Crippen LogP contribution in [0.1, 0.15) is 27.9 Å². The summed E-state index contributed by atoms with van der Waals surface area (Å²) in [4.78, 5) is 21.3. The monoisotopic (exact) mass is 281 g/mol. The Balaban J connectivity index is 2.13. The number of thiazole rings is 1. The van der Waals surface area contributed by atoms with Crippen molar-refractivity contribution in [3.05, 3.63) is 39.6 Å². The van der Waals surface area contributed by atoms with E-state index in [1.807, 2.05) is 13.8 Å². The number of aromatic nitrogens is 2. The number of aryl methyl sites for hydroxylation is 2. The van der Waals surface area contributed by atoms with Gasteiger partial charge in [0.2, 0.25) is 0 Å². The first-order valence-corrected chi connectivity index (χ1v) is 6.68. The quantitative estimate of drug-likeness (QED) is 0.878. The Kier molecular flexibility index (Phi) is 3.93. The highest BCUT2D eigenvalue weighted by molar-refractivity contribution is 7.15. The van der Waals surface area contributed by atoms with Crippen molar-refractivity contribution in [2.75, 3.05) is 5.32 Å². The minimum absolute atomic E-state index is 0.226. The van der Waals surface area contributed by atoms with Crippen LogP contribution in [-0.4, -0.2) is 15.9 Å². The van der Waals surface area contributed by atoms with Gasteiger partial charge in [0.25, 0.3) is 5.91 Å². The second-order valence-electron chi connectivity index (χ2n) is 3.70. The van der Waals surface area contributed by atoms with Gasteiger partial charge in [0.15, 0.2) is 5.13 Å². The van der Waals surface area contributed by atoms with Gasteiger partial charge in [0.05, 0.1) is 11.3 Å². The topological polar surface area (TPSA) is 54.9 Å². The van der Waals surface area contributed by atoms with Gasteiger partial charge in [-0.1, -0.05) is 18.5 Å². The molecule has 0 fully saturated rings. The second kappa shape index (κ2) is 5.46. The van der Waals surface area contributed by atoms with E-state index in [1.165, 1.54) is 17.5 Å². The zero-order chi connectivity index (χ0) is 13.1. The van der Waals surface area contributed by atoms with Crippen LogP contribution in [0.3, 0.4) is 0 Å². The van der Waals surface area contributed by atoms with E-state index in [2.05, 4.69) is 15.3 Å². The van der Waals surface area contributed by atoms with Crippen molar-refractivity contribution in [3.8, 4) is 0 Å². The van der Waals surface area contributed by atoms with Gasteiger partial charge in [0.1, 0.15) is 5.15 Å². The molecule has 2 aromatic heterocycles. The van der Waals surface area contributed by atoms with Crippen LogP contribution in [0.5, 0.6) is 0 Å². The second-order valence-corrected chi connectivity index (χ2v) is 5.29. The van der Waals surface area contributed by atoms with E-state index in [0.717, 1.165) is 17.0 Å². The molecule has 0 aliphatic carbocycles. The van der Waals surface area contributed by atoms with Crippen molar-refractivity contribution in [2.24, 2.45) is 0 Å². The molecule has 0 unspecified atom stereocenters. The molecule has 0 aliphatic heterocycles. The lowest BCUT2D eigenvalue weighted by Gasteiger charge is -2.00. The highest BCUT2D eigenvalue weighted by Crippen LogP contribution is 2.22. The number of carbonyl (C=O) groups excluding carboxylic acids is 1. The third-order valence-electron chi connectivity index (χ3n) is 2.44. The molecule has 2 aromatic rings. The third-order valence-corrected chi connectivity index (χ3v) is 3.59. The summed E-state index contributed by atoms with van der Waals surface area (Å²) < 4.78 is 0. The molecule has 0 spiro atoms. The maximum absolute atomic E-state index is 11.9. The van der Waals surface area contributed by atoms with Crippen molar-refractivity contribution in [2.45, 2.75) is 20.3 Å². The van der Waals surface area contributed by atoms with E-state index >= 15 is 0 Å². The summed E-state index contributed by atoms with van der Waals surface area (Å²) in [6.07, 6.45) is 2.31. The molecule has 0 aromatic carbocycles. The summed E-state index contributed by atoms with van der Waals surface area (Å²) in [5.41, 5.74) is 1.48. The summed E-state index contributed by atoms with van der Waals surface area (Å²) in [6, 6.07) is 3.22. The van der Waals surface area contributed by atoms with Crippen molar-refractivity contribution in [1.29, 1.82) is 0 Å². The minimum atomic E-state index is -0.226. The average Bonchev–Trinajstić information content (AvgIpc) is 2.70. The first-order valence-electron chi connectivity index (χ1n) is 5.49.